The summed E-state index contributed by atoms with van der Waals surface area (Å²) in [6, 6.07) is 8.40. The van der Waals surface area contributed by atoms with Gasteiger partial charge in [-0.15, -0.1) is 0 Å². The molecule has 1 aromatic carbocycles. The predicted octanol–water partition coefficient (Wildman–Crippen LogP) is 3.19. The Bertz CT molecular complexity index is 466. The molecule has 0 bridgehead atoms. The minimum Gasteiger partial charge on any atom is -0.444 e. The summed E-state index contributed by atoms with van der Waals surface area (Å²) in [5.41, 5.74) is 2.17. The van der Waals surface area contributed by atoms with E-state index in [0.717, 1.165) is 19.4 Å². The Balaban J connectivity index is 1.73. The fourth-order valence-electron chi connectivity index (χ4n) is 2.40. The van der Waals surface area contributed by atoms with Gasteiger partial charge < -0.3 is 15.4 Å². The zero-order chi connectivity index (χ0) is 14.6. The Morgan fingerprint density at radius 3 is 2.90 bits per heavy atom. The van der Waals surface area contributed by atoms with Gasteiger partial charge in [0.1, 0.15) is 5.60 Å². The zero-order valence-electron chi connectivity index (χ0n) is 12.5. The van der Waals surface area contributed by atoms with E-state index >= 15 is 0 Å². The van der Waals surface area contributed by atoms with Gasteiger partial charge in [-0.2, -0.15) is 0 Å². The SMILES string of the molecule is CC(C)(C)OC(=O)NCCC1CNc2ccccc2C1. The van der Waals surface area contributed by atoms with Crippen LogP contribution < -0.4 is 10.6 Å². The molecular formula is C16H24N2O2. The van der Waals surface area contributed by atoms with E-state index < -0.39 is 5.60 Å². The summed E-state index contributed by atoms with van der Waals surface area (Å²) in [7, 11) is 0. The highest BCUT2D eigenvalue weighted by atomic mass is 16.6. The van der Waals surface area contributed by atoms with E-state index in [4.69, 9.17) is 4.74 Å². The number of amides is 1. The first-order valence-corrected chi connectivity index (χ1v) is 7.23. The number of nitrogens with one attached hydrogen (secondary N) is 2. The van der Waals surface area contributed by atoms with Crippen molar-refractivity contribution in [3.8, 4) is 0 Å². The lowest BCUT2D eigenvalue weighted by molar-refractivity contribution is 0.0525. The highest BCUT2D eigenvalue weighted by Crippen LogP contribution is 2.25. The molecule has 1 aliphatic rings. The molecule has 0 radical (unpaired) electrons. The fourth-order valence-corrected chi connectivity index (χ4v) is 2.40. The van der Waals surface area contributed by atoms with E-state index in [9.17, 15) is 4.79 Å². The van der Waals surface area contributed by atoms with Gasteiger partial charge in [0.2, 0.25) is 0 Å². The molecule has 1 atom stereocenters. The Morgan fingerprint density at radius 2 is 2.15 bits per heavy atom. The molecule has 4 nitrogen and oxygen atoms in total. The molecule has 2 rings (SSSR count). The predicted molar refractivity (Wildman–Crippen MR) is 81.0 cm³/mol. The van der Waals surface area contributed by atoms with Crippen molar-refractivity contribution >= 4 is 11.8 Å². The molecule has 1 amide bonds. The lowest BCUT2D eigenvalue weighted by Gasteiger charge is -2.26. The normalized spacial score (nSPS) is 17.9. The number of benzene rings is 1. The van der Waals surface area contributed by atoms with Gasteiger partial charge in [-0.3, -0.25) is 0 Å². The number of hydrogen-bond acceptors (Lipinski definition) is 3. The lowest BCUT2D eigenvalue weighted by atomic mass is 9.91. The van der Waals surface area contributed by atoms with Crippen LogP contribution in [0.4, 0.5) is 10.5 Å². The molecular weight excluding hydrogens is 252 g/mol. The smallest absolute Gasteiger partial charge is 0.407 e. The Morgan fingerprint density at radius 1 is 1.40 bits per heavy atom. The van der Waals surface area contributed by atoms with Crippen LogP contribution in [0.3, 0.4) is 0 Å². The summed E-state index contributed by atoms with van der Waals surface area (Å²) in [5, 5.41) is 6.27. The number of hydrogen-bond donors (Lipinski definition) is 2. The maximum atomic E-state index is 11.5. The van der Waals surface area contributed by atoms with Crippen LogP contribution in [-0.4, -0.2) is 24.8 Å². The van der Waals surface area contributed by atoms with Crippen LogP contribution in [0.5, 0.6) is 0 Å². The third-order valence-electron chi connectivity index (χ3n) is 3.33. The second kappa shape index (κ2) is 6.16. The van der Waals surface area contributed by atoms with E-state index in [1.807, 2.05) is 20.8 Å². The van der Waals surface area contributed by atoms with Crippen LogP contribution in [0.15, 0.2) is 24.3 Å². The van der Waals surface area contributed by atoms with Crippen molar-refractivity contribution in [3.05, 3.63) is 29.8 Å². The largest absolute Gasteiger partial charge is 0.444 e. The Labute approximate surface area is 120 Å². The Hall–Kier alpha value is -1.71. The summed E-state index contributed by atoms with van der Waals surface area (Å²) in [5.74, 6) is 0.555. The molecule has 4 heteroatoms. The summed E-state index contributed by atoms with van der Waals surface area (Å²) >= 11 is 0. The molecule has 0 spiro atoms. The van der Waals surface area contributed by atoms with Crippen molar-refractivity contribution < 1.29 is 9.53 Å². The molecule has 110 valence electrons. The lowest BCUT2D eigenvalue weighted by Crippen LogP contribution is -2.34. The number of carbonyl (C=O) groups is 1. The minimum atomic E-state index is -0.435. The Kier molecular flexibility index (Phi) is 4.53. The van der Waals surface area contributed by atoms with Crippen molar-refractivity contribution in [1.82, 2.24) is 5.32 Å². The molecule has 0 saturated heterocycles. The molecule has 0 aromatic heterocycles. The molecule has 1 aliphatic heterocycles. The monoisotopic (exact) mass is 276 g/mol. The third kappa shape index (κ3) is 4.44. The van der Waals surface area contributed by atoms with E-state index in [2.05, 4.69) is 34.9 Å². The highest BCUT2D eigenvalue weighted by molar-refractivity contribution is 5.67. The first-order chi connectivity index (χ1) is 9.44. The number of para-hydroxylation sites is 1. The summed E-state index contributed by atoms with van der Waals surface area (Å²) in [6.45, 7) is 7.23. The molecule has 0 aliphatic carbocycles. The quantitative estimate of drug-likeness (QED) is 0.891. The van der Waals surface area contributed by atoms with Crippen LogP contribution in [0.25, 0.3) is 0 Å². The van der Waals surface area contributed by atoms with Gasteiger partial charge in [0, 0.05) is 18.8 Å². The molecule has 1 unspecified atom stereocenters. The fraction of sp³-hybridized carbons (Fsp3) is 0.562. The second-order valence-electron chi connectivity index (χ2n) is 6.33. The van der Waals surface area contributed by atoms with E-state index in [0.29, 0.717) is 12.5 Å². The number of carbonyl (C=O) groups excluding carboxylic acids is 1. The topological polar surface area (TPSA) is 50.4 Å². The number of rotatable bonds is 3. The molecule has 1 heterocycles. The molecule has 1 aromatic rings. The van der Waals surface area contributed by atoms with Crippen LogP contribution in [-0.2, 0) is 11.2 Å². The van der Waals surface area contributed by atoms with Gasteiger partial charge in [0.05, 0.1) is 0 Å². The summed E-state index contributed by atoms with van der Waals surface area (Å²) in [6.07, 6.45) is 1.70. The maximum Gasteiger partial charge on any atom is 0.407 e. The van der Waals surface area contributed by atoms with Crippen molar-refractivity contribution in [2.45, 2.75) is 39.2 Å². The first kappa shape index (κ1) is 14.7. The van der Waals surface area contributed by atoms with Gasteiger partial charge >= 0.3 is 6.09 Å². The van der Waals surface area contributed by atoms with Gasteiger partial charge in [-0.25, -0.2) is 4.79 Å². The standard InChI is InChI=1S/C16H24N2O2/c1-16(2,3)20-15(19)17-9-8-12-10-13-6-4-5-7-14(13)18-11-12/h4-7,12,18H,8-11H2,1-3H3,(H,17,19). The van der Waals surface area contributed by atoms with Gasteiger partial charge in [0.15, 0.2) is 0 Å². The highest BCUT2D eigenvalue weighted by Gasteiger charge is 2.19. The molecule has 0 saturated carbocycles. The van der Waals surface area contributed by atoms with Crippen molar-refractivity contribution in [2.75, 3.05) is 18.4 Å². The summed E-state index contributed by atoms with van der Waals surface area (Å²) in [4.78, 5) is 11.5. The number of fused-ring (bicyclic) bond motifs is 1. The van der Waals surface area contributed by atoms with Crippen LogP contribution in [0.1, 0.15) is 32.8 Å². The van der Waals surface area contributed by atoms with Crippen LogP contribution in [0.2, 0.25) is 0 Å². The number of ether oxygens (including phenoxy) is 1. The van der Waals surface area contributed by atoms with E-state index in [1.54, 1.807) is 0 Å². The van der Waals surface area contributed by atoms with Crippen LogP contribution >= 0.6 is 0 Å². The zero-order valence-corrected chi connectivity index (χ0v) is 12.5. The van der Waals surface area contributed by atoms with Crippen molar-refractivity contribution in [2.24, 2.45) is 5.92 Å². The number of alkyl carbamates (subject to hydrolysis) is 1. The van der Waals surface area contributed by atoms with E-state index in [1.165, 1.54) is 11.3 Å². The average Bonchev–Trinajstić information content (AvgIpc) is 2.36. The van der Waals surface area contributed by atoms with Gasteiger partial charge in [-0.1, -0.05) is 18.2 Å². The molecule has 0 fully saturated rings. The third-order valence-corrected chi connectivity index (χ3v) is 3.33. The molecule has 20 heavy (non-hydrogen) atoms. The van der Waals surface area contributed by atoms with E-state index in [-0.39, 0.29) is 6.09 Å². The minimum absolute atomic E-state index is 0.332. The first-order valence-electron chi connectivity index (χ1n) is 7.23. The molecule has 2 N–H and O–H groups in total. The van der Waals surface area contributed by atoms with Crippen LogP contribution in [0, 0.1) is 5.92 Å². The second-order valence-corrected chi connectivity index (χ2v) is 6.33. The number of anilines is 1. The van der Waals surface area contributed by atoms with Crippen molar-refractivity contribution in [3.63, 3.8) is 0 Å². The van der Waals surface area contributed by atoms with Gasteiger partial charge in [-0.05, 0) is 51.2 Å². The maximum absolute atomic E-state index is 11.5. The van der Waals surface area contributed by atoms with Gasteiger partial charge in [0.25, 0.3) is 0 Å². The van der Waals surface area contributed by atoms with Crippen molar-refractivity contribution in [1.29, 1.82) is 0 Å². The average molecular weight is 276 g/mol. The summed E-state index contributed by atoms with van der Waals surface area (Å²) < 4.78 is 5.22.